The fraction of sp³-hybridized carbons (Fsp3) is 0.222. The number of rotatable bonds is 2. The number of nitrogen functional groups attached to an aromatic ring is 1. The Morgan fingerprint density at radius 1 is 1.38 bits per heavy atom. The Morgan fingerprint density at radius 2 is 2.00 bits per heavy atom. The van der Waals surface area contributed by atoms with Crippen molar-refractivity contribution in [1.82, 2.24) is 0 Å². The van der Waals surface area contributed by atoms with Crippen molar-refractivity contribution in [1.29, 1.82) is 0 Å². The summed E-state index contributed by atoms with van der Waals surface area (Å²) >= 11 is 0. The molecular formula is C9H13N3O. The zero-order valence-electron chi connectivity index (χ0n) is 7.74. The number of nitrogens with zero attached hydrogens (tertiary/aromatic N) is 1. The molecule has 0 aliphatic rings. The number of primary amides is 1. The van der Waals surface area contributed by atoms with Crippen LogP contribution >= 0.6 is 0 Å². The smallest absolute Gasteiger partial charge is 0.250 e. The molecule has 1 amide bonds. The quantitative estimate of drug-likeness (QED) is 0.647. The maximum Gasteiger partial charge on any atom is 0.250 e. The molecule has 0 saturated heterocycles. The van der Waals surface area contributed by atoms with E-state index in [-0.39, 0.29) is 0 Å². The number of anilines is 2. The van der Waals surface area contributed by atoms with Crippen LogP contribution in [0.2, 0.25) is 0 Å². The number of para-hydroxylation sites is 1. The topological polar surface area (TPSA) is 72.3 Å². The molecule has 0 saturated carbocycles. The standard InChI is InChI=1S/C9H13N3O/c1-12(2)7-5-3-4-6(8(7)10)9(11)13/h3-5H,10H2,1-2H3,(H2,11,13). The number of nitrogens with two attached hydrogens (primary N) is 2. The Hall–Kier alpha value is -1.71. The van der Waals surface area contributed by atoms with Crippen molar-refractivity contribution in [3.8, 4) is 0 Å². The summed E-state index contributed by atoms with van der Waals surface area (Å²) in [6, 6.07) is 5.21. The van der Waals surface area contributed by atoms with Gasteiger partial charge in [-0.15, -0.1) is 0 Å². The summed E-state index contributed by atoms with van der Waals surface area (Å²) in [6.45, 7) is 0. The first-order valence-electron chi connectivity index (χ1n) is 3.89. The van der Waals surface area contributed by atoms with Gasteiger partial charge in [0.15, 0.2) is 0 Å². The van der Waals surface area contributed by atoms with E-state index in [1.165, 1.54) is 0 Å². The van der Waals surface area contributed by atoms with Crippen LogP contribution in [0.3, 0.4) is 0 Å². The second-order valence-electron chi connectivity index (χ2n) is 3.00. The molecule has 4 nitrogen and oxygen atoms in total. The van der Waals surface area contributed by atoms with E-state index < -0.39 is 5.91 Å². The van der Waals surface area contributed by atoms with Crippen LogP contribution < -0.4 is 16.4 Å². The largest absolute Gasteiger partial charge is 0.396 e. The highest BCUT2D eigenvalue weighted by atomic mass is 16.1. The van der Waals surface area contributed by atoms with Crippen molar-refractivity contribution in [2.75, 3.05) is 24.7 Å². The third-order valence-corrected chi connectivity index (χ3v) is 1.83. The van der Waals surface area contributed by atoms with Gasteiger partial charge in [0.1, 0.15) is 0 Å². The van der Waals surface area contributed by atoms with Crippen molar-refractivity contribution in [3.05, 3.63) is 23.8 Å². The van der Waals surface area contributed by atoms with Gasteiger partial charge >= 0.3 is 0 Å². The summed E-state index contributed by atoms with van der Waals surface area (Å²) in [5.41, 5.74) is 12.5. The first-order chi connectivity index (χ1) is 6.04. The average molecular weight is 179 g/mol. The molecule has 0 unspecified atom stereocenters. The number of carbonyl (C=O) groups excluding carboxylic acids is 1. The Balaban J connectivity index is 3.26. The van der Waals surface area contributed by atoms with Gasteiger partial charge in [0.05, 0.1) is 16.9 Å². The SMILES string of the molecule is CN(C)c1cccc(C(N)=O)c1N. The highest BCUT2D eigenvalue weighted by Crippen LogP contribution is 2.24. The first kappa shape index (κ1) is 9.38. The van der Waals surface area contributed by atoms with E-state index in [9.17, 15) is 4.79 Å². The number of hydrogen-bond donors (Lipinski definition) is 2. The molecule has 4 heteroatoms. The predicted octanol–water partition coefficient (Wildman–Crippen LogP) is 0.434. The molecule has 1 aromatic carbocycles. The molecular weight excluding hydrogens is 166 g/mol. The van der Waals surface area contributed by atoms with Crippen LogP contribution in [0.1, 0.15) is 10.4 Å². The van der Waals surface area contributed by atoms with E-state index in [1.54, 1.807) is 12.1 Å². The first-order valence-corrected chi connectivity index (χ1v) is 3.89. The maximum absolute atomic E-state index is 10.9. The van der Waals surface area contributed by atoms with Crippen molar-refractivity contribution in [2.45, 2.75) is 0 Å². The summed E-state index contributed by atoms with van der Waals surface area (Å²) in [6.07, 6.45) is 0. The minimum atomic E-state index is -0.499. The Morgan fingerprint density at radius 3 is 2.46 bits per heavy atom. The molecule has 70 valence electrons. The molecule has 0 spiro atoms. The number of benzene rings is 1. The van der Waals surface area contributed by atoms with Crippen molar-refractivity contribution in [3.63, 3.8) is 0 Å². The van der Waals surface area contributed by atoms with Gasteiger partial charge in [0, 0.05) is 14.1 Å². The number of hydrogen-bond acceptors (Lipinski definition) is 3. The second-order valence-corrected chi connectivity index (χ2v) is 3.00. The van der Waals surface area contributed by atoms with Crippen LogP contribution in [0.15, 0.2) is 18.2 Å². The average Bonchev–Trinajstić information content (AvgIpc) is 2.03. The molecule has 0 aliphatic carbocycles. The molecule has 0 bridgehead atoms. The van der Waals surface area contributed by atoms with Gasteiger partial charge in [0.2, 0.25) is 0 Å². The summed E-state index contributed by atoms with van der Waals surface area (Å²) < 4.78 is 0. The Labute approximate surface area is 77.1 Å². The molecule has 0 fully saturated rings. The van der Waals surface area contributed by atoms with Crippen molar-refractivity contribution in [2.24, 2.45) is 5.73 Å². The van der Waals surface area contributed by atoms with Crippen LogP contribution in [-0.2, 0) is 0 Å². The Kier molecular flexibility index (Phi) is 2.41. The minimum Gasteiger partial charge on any atom is -0.396 e. The summed E-state index contributed by atoms with van der Waals surface area (Å²) in [5, 5.41) is 0. The number of carbonyl (C=O) groups is 1. The molecule has 1 aromatic rings. The fourth-order valence-corrected chi connectivity index (χ4v) is 1.16. The van der Waals surface area contributed by atoms with E-state index in [0.29, 0.717) is 11.3 Å². The van der Waals surface area contributed by atoms with Crippen molar-refractivity contribution < 1.29 is 4.79 Å². The van der Waals surface area contributed by atoms with E-state index in [1.807, 2.05) is 25.1 Å². The molecule has 0 heterocycles. The van der Waals surface area contributed by atoms with Crippen LogP contribution in [0.4, 0.5) is 11.4 Å². The van der Waals surface area contributed by atoms with E-state index in [4.69, 9.17) is 11.5 Å². The fourth-order valence-electron chi connectivity index (χ4n) is 1.16. The van der Waals surface area contributed by atoms with Crippen LogP contribution in [0.25, 0.3) is 0 Å². The van der Waals surface area contributed by atoms with Gasteiger partial charge in [-0.25, -0.2) is 0 Å². The molecule has 0 aromatic heterocycles. The minimum absolute atomic E-state index is 0.367. The number of amides is 1. The van der Waals surface area contributed by atoms with Gasteiger partial charge in [0.25, 0.3) is 5.91 Å². The lowest BCUT2D eigenvalue weighted by atomic mass is 10.1. The lowest BCUT2D eigenvalue weighted by Crippen LogP contribution is -2.17. The summed E-state index contributed by atoms with van der Waals surface area (Å²) in [4.78, 5) is 12.8. The molecule has 13 heavy (non-hydrogen) atoms. The lowest BCUT2D eigenvalue weighted by Gasteiger charge is -2.16. The third-order valence-electron chi connectivity index (χ3n) is 1.83. The van der Waals surface area contributed by atoms with Gasteiger partial charge < -0.3 is 16.4 Å². The van der Waals surface area contributed by atoms with Crippen LogP contribution in [0, 0.1) is 0 Å². The highest BCUT2D eigenvalue weighted by Gasteiger charge is 2.09. The zero-order chi connectivity index (χ0) is 10.0. The van der Waals surface area contributed by atoms with E-state index in [0.717, 1.165) is 5.69 Å². The molecule has 0 radical (unpaired) electrons. The van der Waals surface area contributed by atoms with E-state index in [2.05, 4.69) is 0 Å². The lowest BCUT2D eigenvalue weighted by molar-refractivity contribution is 0.100. The van der Waals surface area contributed by atoms with Gasteiger partial charge in [-0.1, -0.05) is 6.07 Å². The third kappa shape index (κ3) is 1.72. The monoisotopic (exact) mass is 179 g/mol. The Bertz CT molecular complexity index is 334. The second kappa shape index (κ2) is 3.35. The molecule has 4 N–H and O–H groups in total. The maximum atomic E-state index is 10.9. The highest BCUT2D eigenvalue weighted by molar-refractivity contribution is 6.00. The van der Waals surface area contributed by atoms with Gasteiger partial charge in [-0.2, -0.15) is 0 Å². The molecule has 0 aliphatic heterocycles. The van der Waals surface area contributed by atoms with Gasteiger partial charge in [-0.05, 0) is 12.1 Å². The zero-order valence-corrected chi connectivity index (χ0v) is 7.74. The summed E-state index contributed by atoms with van der Waals surface area (Å²) in [7, 11) is 3.72. The predicted molar refractivity (Wildman–Crippen MR) is 53.7 cm³/mol. The van der Waals surface area contributed by atoms with Crippen LogP contribution in [0.5, 0.6) is 0 Å². The van der Waals surface area contributed by atoms with Crippen LogP contribution in [-0.4, -0.2) is 20.0 Å². The molecule has 0 atom stereocenters. The normalized spacial score (nSPS) is 9.69. The van der Waals surface area contributed by atoms with Gasteiger partial charge in [-0.3, -0.25) is 4.79 Å². The van der Waals surface area contributed by atoms with Crippen molar-refractivity contribution >= 4 is 17.3 Å². The van der Waals surface area contributed by atoms with E-state index >= 15 is 0 Å². The summed E-state index contributed by atoms with van der Waals surface area (Å²) in [5.74, 6) is -0.499. The molecule has 1 rings (SSSR count).